The van der Waals surface area contributed by atoms with E-state index in [4.69, 9.17) is 4.74 Å². The Morgan fingerprint density at radius 1 is 1.09 bits per heavy atom. The monoisotopic (exact) mass is 291 g/mol. The van der Waals surface area contributed by atoms with Crippen molar-refractivity contribution in [1.29, 1.82) is 0 Å². The fourth-order valence-electron chi connectivity index (χ4n) is 2.38. The number of nitrogens with one attached hydrogen (secondary N) is 1. The fourth-order valence-corrected chi connectivity index (χ4v) is 2.38. The third-order valence-electron chi connectivity index (χ3n) is 3.45. The maximum Gasteiger partial charge on any atom is 0.213 e. The molecule has 6 heteroatoms. The molecule has 0 atom stereocenters. The maximum atomic E-state index is 5.09. The summed E-state index contributed by atoms with van der Waals surface area (Å²) >= 11 is 0. The molecule has 0 bridgehead atoms. The van der Waals surface area contributed by atoms with Crippen LogP contribution in [0.25, 0.3) is 28.4 Å². The van der Waals surface area contributed by atoms with Crippen LogP contribution >= 0.6 is 0 Å². The van der Waals surface area contributed by atoms with E-state index in [0.29, 0.717) is 5.88 Å². The first-order chi connectivity index (χ1) is 10.8. The van der Waals surface area contributed by atoms with E-state index in [-0.39, 0.29) is 0 Å². The SMILES string of the molecule is COc1ccc(-n2ccnc2-c2nc3ccccc3[nH]2)cn1. The third kappa shape index (κ3) is 2.01. The van der Waals surface area contributed by atoms with Crippen LogP contribution in [-0.4, -0.2) is 31.6 Å². The molecule has 22 heavy (non-hydrogen) atoms. The summed E-state index contributed by atoms with van der Waals surface area (Å²) in [4.78, 5) is 16.5. The van der Waals surface area contributed by atoms with E-state index in [0.717, 1.165) is 28.4 Å². The van der Waals surface area contributed by atoms with Crippen molar-refractivity contribution >= 4 is 11.0 Å². The number of para-hydroxylation sites is 2. The van der Waals surface area contributed by atoms with Crippen LogP contribution in [0, 0.1) is 0 Å². The van der Waals surface area contributed by atoms with E-state index < -0.39 is 0 Å². The Hall–Kier alpha value is -3.15. The van der Waals surface area contributed by atoms with Crippen LogP contribution in [0.15, 0.2) is 55.0 Å². The number of imidazole rings is 2. The maximum absolute atomic E-state index is 5.09. The lowest BCUT2D eigenvalue weighted by molar-refractivity contribution is 0.398. The van der Waals surface area contributed by atoms with E-state index in [1.54, 1.807) is 19.5 Å². The summed E-state index contributed by atoms with van der Waals surface area (Å²) in [6.07, 6.45) is 5.37. The van der Waals surface area contributed by atoms with Gasteiger partial charge in [0, 0.05) is 18.5 Å². The van der Waals surface area contributed by atoms with Crippen LogP contribution in [0.4, 0.5) is 0 Å². The number of aromatic nitrogens is 5. The summed E-state index contributed by atoms with van der Waals surface area (Å²) < 4.78 is 7.02. The largest absolute Gasteiger partial charge is 0.481 e. The normalized spacial score (nSPS) is 11.0. The van der Waals surface area contributed by atoms with Gasteiger partial charge in [0.25, 0.3) is 0 Å². The molecule has 0 unspecified atom stereocenters. The highest BCUT2D eigenvalue weighted by Gasteiger charge is 2.12. The number of aromatic amines is 1. The number of nitrogens with zero attached hydrogens (tertiary/aromatic N) is 4. The molecule has 4 rings (SSSR count). The Labute approximate surface area is 126 Å². The number of H-pyrrole nitrogens is 1. The van der Waals surface area contributed by atoms with Crippen molar-refractivity contribution in [2.24, 2.45) is 0 Å². The summed E-state index contributed by atoms with van der Waals surface area (Å²) in [5, 5.41) is 0. The molecule has 0 aliphatic heterocycles. The van der Waals surface area contributed by atoms with Gasteiger partial charge in [0.05, 0.1) is 30.0 Å². The Kier molecular flexibility index (Phi) is 2.86. The van der Waals surface area contributed by atoms with Gasteiger partial charge in [-0.1, -0.05) is 12.1 Å². The zero-order chi connectivity index (χ0) is 14.9. The van der Waals surface area contributed by atoms with Crippen molar-refractivity contribution in [3.8, 4) is 23.2 Å². The molecule has 0 radical (unpaired) electrons. The van der Waals surface area contributed by atoms with Gasteiger partial charge in [-0.15, -0.1) is 0 Å². The van der Waals surface area contributed by atoms with Crippen LogP contribution in [0.3, 0.4) is 0 Å². The molecular formula is C16H13N5O. The Morgan fingerprint density at radius 2 is 2.00 bits per heavy atom. The topological polar surface area (TPSA) is 68.6 Å². The highest BCUT2D eigenvalue weighted by Crippen LogP contribution is 2.22. The van der Waals surface area contributed by atoms with Crippen molar-refractivity contribution in [2.45, 2.75) is 0 Å². The highest BCUT2D eigenvalue weighted by molar-refractivity contribution is 5.78. The predicted octanol–water partition coefficient (Wildman–Crippen LogP) is 2.82. The molecule has 0 spiro atoms. The lowest BCUT2D eigenvalue weighted by atomic mass is 10.3. The van der Waals surface area contributed by atoms with Crippen LogP contribution in [-0.2, 0) is 0 Å². The average Bonchev–Trinajstić information content (AvgIpc) is 3.21. The van der Waals surface area contributed by atoms with Crippen molar-refractivity contribution in [3.05, 3.63) is 55.0 Å². The molecule has 0 aliphatic carbocycles. The molecule has 0 saturated heterocycles. The Morgan fingerprint density at radius 3 is 2.77 bits per heavy atom. The fraction of sp³-hybridized carbons (Fsp3) is 0.0625. The molecule has 0 fully saturated rings. The number of rotatable bonds is 3. The first kappa shape index (κ1) is 12.6. The lowest BCUT2D eigenvalue weighted by Gasteiger charge is -2.06. The quantitative estimate of drug-likeness (QED) is 0.630. The van der Waals surface area contributed by atoms with Gasteiger partial charge in [-0.05, 0) is 18.2 Å². The molecule has 1 N–H and O–H groups in total. The standard InChI is InChI=1S/C16H13N5O/c1-22-14-7-6-11(10-18-14)21-9-8-17-16(21)15-19-12-4-2-3-5-13(12)20-15/h2-10H,1H3,(H,19,20). The minimum absolute atomic E-state index is 0.578. The van der Waals surface area contributed by atoms with Gasteiger partial charge in [-0.25, -0.2) is 15.0 Å². The summed E-state index contributed by atoms with van der Waals surface area (Å²) in [5.41, 5.74) is 2.80. The average molecular weight is 291 g/mol. The van der Waals surface area contributed by atoms with E-state index >= 15 is 0 Å². The van der Waals surface area contributed by atoms with Crippen molar-refractivity contribution in [1.82, 2.24) is 24.5 Å². The van der Waals surface area contributed by atoms with Crippen molar-refractivity contribution in [2.75, 3.05) is 7.11 Å². The summed E-state index contributed by atoms with van der Waals surface area (Å²) in [5.74, 6) is 2.04. The van der Waals surface area contributed by atoms with Crippen LogP contribution in [0.1, 0.15) is 0 Å². The summed E-state index contributed by atoms with van der Waals surface area (Å²) in [6.45, 7) is 0. The molecular weight excluding hydrogens is 278 g/mol. The van der Waals surface area contributed by atoms with Gasteiger partial charge in [0.1, 0.15) is 0 Å². The van der Waals surface area contributed by atoms with E-state index in [1.165, 1.54) is 0 Å². The zero-order valence-electron chi connectivity index (χ0n) is 11.9. The molecule has 108 valence electrons. The molecule has 0 amide bonds. The number of methoxy groups -OCH3 is 1. The molecule has 4 aromatic rings. The molecule has 1 aromatic carbocycles. The Balaban J connectivity index is 1.81. The zero-order valence-corrected chi connectivity index (χ0v) is 11.9. The summed E-state index contributed by atoms with van der Waals surface area (Å²) in [7, 11) is 1.60. The first-order valence-corrected chi connectivity index (χ1v) is 6.84. The second kappa shape index (κ2) is 5.00. The van der Waals surface area contributed by atoms with Crippen molar-refractivity contribution in [3.63, 3.8) is 0 Å². The molecule has 3 heterocycles. The third-order valence-corrected chi connectivity index (χ3v) is 3.45. The second-order valence-corrected chi connectivity index (χ2v) is 4.78. The van der Waals surface area contributed by atoms with E-state index in [1.807, 2.05) is 47.2 Å². The smallest absolute Gasteiger partial charge is 0.213 e. The van der Waals surface area contributed by atoms with Crippen molar-refractivity contribution < 1.29 is 4.74 Å². The van der Waals surface area contributed by atoms with Gasteiger partial charge < -0.3 is 9.72 Å². The highest BCUT2D eigenvalue weighted by atomic mass is 16.5. The number of pyridine rings is 1. The summed E-state index contributed by atoms with van der Waals surface area (Å²) in [6, 6.07) is 11.7. The molecule has 0 saturated carbocycles. The molecule has 3 aromatic heterocycles. The first-order valence-electron chi connectivity index (χ1n) is 6.84. The van der Waals surface area contributed by atoms with Gasteiger partial charge in [-0.2, -0.15) is 0 Å². The van der Waals surface area contributed by atoms with Crippen LogP contribution in [0.2, 0.25) is 0 Å². The predicted molar refractivity (Wildman–Crippen MR) is 83.0 cm³/mol. The van der Waals surface area contributed by atoms with Crippen LogP contribution in [0.5, 0.6) is 5.88 Å². The second-order valence-electron chi connectivity index (χ2n) is 4.78. The van der Waals surface area contributed by atoms with E-state index in [9.17, 15) is 0 Å². The number of fused-ring (bicyclic) bond motifs is 1. The van der Waals surface area contributed by atoms with Gasteiger partial charge >= 0.3 is 0 Å². The van der Waals surface area contributed by atoms with Gasteiger partial charge in [0.2, 0.25) is 5.88 Å². The minimum Gasteiger partial charge on any atom is -0.481 e. The van der Waals surface area contributed by atoms with Gasteiger partial charge in [0.15, 0.2) is 11.6 Å². The number of hydrogen-bond acceptors (Lipinski definition) is 4. The Bertz CT molecular complexity index is 890. The van der Waals surface area contributed by atoms with E-state index in [2.05, 4.69) is 19.9 Å². The van der Waals surface area contributed by atoms with Crippen LogP contribution < -0.4 is 4.74 Å². The number of hydrogen-bond donors (Lipinski definition) is 1. The minimum atomic E-state index is 0.578. The molecule has 6 nitrogen and oxygen atoms in total. The molecule has 0 aliphatic rings. The van der Waals surface area contributed by atoms with Gasteiger partial charge in [-0.3, -0.25) is 4.57 Å². The number of ether oxygens (including phenoxy) is 1. The lowest BCUT2D eigenvalue weighted by Crippen LogP contribution is -1.98. The number of benzene rings is 1.